The van der Waals surface area contributed by atoms with Crippen LogP contribution in [0.2, 0.25) is 5.28 Å². The molecule has 0 bridgehead atoms. The maximum atomic E-state index is 11.7. The Kier molecular flexibility index (Phi) is 5.34. The van der Waals surface area contributed by atoms with Crippen LogP contribution >= 0.6 is 11.6 Å². The third-order valence-corrected chi connectivity index (χ3v) is 2.73. The lowest BCUT2D eigenvalue weighted by Gasteiger charge is -2.16. The molecule has 6 heteroatoms. The zero-order valence-electron chi connectivity index (χ0n) is 11.1. The Morgan fingerprint density at radius 2 is 2.17 bits per heavy atom. The van der Waals surface area contributed by atoms with Crippen LogP contribution in [0.5, 0.6) is 0 Å². The Morgan fingerprint density at radius 1 is 1.50 bits per heavy atom. The number of esters is 1. The SMILES string of the molecule is CCC[C@@H](C)Nc1nc(Cl)nc(C)c1C(=O)OC. The fraction of sp³-hybridized carbons (Fsp3) is 0.583. The van der Waals surface area contributed by atoms with E-state index in [-0.39, 0.29) is 11.3 Å². The van der Waals surface area contributed by atoms with Gasteiger partial charge in [-0.25, -0.2) is 9.78 Å². The van der Waals surface area contributed by atoms with Crippen molar-refractivity contribution in [3.63, 3.8) is 0 Å². The van der Waals surface area contributed by atoms with Crippen molar-refractivity contribution in [2.75, 3.05) is 12.4 Å². The predicted octanol–water partition coefficient (Wildman–Crippen LogP) is 2.83. The zero-order valence-corrected chi connectivity index (χ0v) is 11.8. The fourth-order valence-corrected chi connectivity index (χ4v) is 1.94. The summed E-state index contributed by atoms with van der Waals surface area (Å²) in [4.78, 5) is 19.8. The van der Waals surface area contributed by atoms with Crippen molar-refractivity contribution in [2.24, 2.45) is 0 Å². The first-order valence-electron chi connectivity index (χ1n) is 5.88. The molecule has 18 heavy (non-hydrogen) atoms. The van der Waals surface area contributed by atoms with E-state index in [9.17, 15) is 4.79 Å². The number of methoxy groups -OCH3 is 1. The largest absolute Gasteiger partial charge is 0.465 e. The van der Waals surface area contributed by atoms with Gasteiger partial charge in [-0.1, -0.05) is 13.3 Å². The van der Waals surface area contributed by atoms with E-state index in [2.05, 4.69) is 22.2 Å². The van der Waals surface area contributed by atoms with Crippen LogP contribution in [0, 0.1) is 6.92 Å². The molecule has 1 aromatic heterocycles. The first-order chi connectivity index (χ1) is 8.49. The lowest BCUT2D eigenvalue weighted by Crippen LogP contribution is -2.20. The van der Waals surface area contributed by atoms with Crippen molar-refractivity contribution in [1.82, 2.24) is 9.97 Å². The number of halogens is 1. The molecule has 0 aromatic carbocycles. The van der Waals surface area contributed by atoms with Crippen LogP contribution in [0.4, 0.5) is 5.82 Å². The Balaban J connectivity index is 3.11. The normalized spacial score (nSPS) is 12.1. The standard InChI is InChI=1S/C12H18ClN3O2/c1-5-6-7(2)14-10-9(11(17)18-4)8(3)15-12(13)16-10/h7H,5-6H2,1-4H3,(H,14,15,16)/t7-/m1/s1. The summed E-state index contributed by atoms with van der Waals surface area (Å²) in [7, 11) is 1.33. The summed E-state index contributed by atoms with van der Waals surface area (Å²) < 4.78 is 4.74. The number of carbonyl (C=O) groups excluding carboxylic acids is 1. The number of rotatable bonds is 5. The highest BCUT2D eigenvalue weighted by Gasteiger charge is 2.19. The first-order valence-corrected chi connectivity index (χ1v) is 6.26. The Labute approximate surface area is 112 Å². The quantitative estimate of drug-likeness (QED) is 0.659. The van der Waals surface area contributed by atoms with Crippen LogP contribution in [-0.4, -0.2) is 29.1 Å². The van der Waals surface area contributed by atoms with Gasteiger partial charge in [-0.05, 0) is 31.9 Å². The van der Waals surface area contributed by atoms with Gasteiger partial charge in [0.1, 0.15) is 11.4 Å². The van der Waals surface area contributed by atoms with Crippen LogP contribution in [0.1, 0.15) is 42.7 Å². The van der Waals surface area contributed by atoms with Crippen LogP contribution in [0.25, 0.3) is 0 Å². The summed E-state index contributed by atoms with van der Waals surface area (Å²) in [6.45, 7) is 5.82. The van der Waals surface area contributed by atoms with Gasteiger partial charge in [-0.2, -0.15) is 4.98 Å². The summed E-state index contributed by atoms with van der Waals surface area (Å²) in [6.07, 6.45) is 2.01. The summed E-state index contributed by atoms with van der Waals surface area (Å²) in [5.41, 5.74) is 0.845. The highest BCUT2D eigenvalue weighted by Crippen LogP contribution is 2.20. The summed E-state index contributed by atoms with van der Waals surface area (Å²) in [5.74, 6) is -0.0318. The van der Waals surface area contributed by atoms with E-state index in [1.165, 1.54) is 7.11 Å². The lowest BCUT2D eigenvalue weighted by molar-refractivity contribution is 0.0600. The Bertz CT molecular complexity index is 438. The molecule has 0 amide bonds. The number of nitrogens with zero attached hydrogens (tertiary/aromatic N) is 2. The van der Waals surface area contributed by atoms with Gasteiger partial charge in [-0.15, -0.1) is 0 Å². The Hall–Kier alpha value is -1.36. The molecular weight excluding hydrogens is 254 g/mol. The second-order valence-corrected chi connectivity index (χ2v) is 4.47. The molecule has 0 fully saturated rings. The summed E-state index contributed by atoms with van der Waals surface area (Å²) >= 11 is 5.82. The number of carbonyl (C=O) groups is 1. The molecule has 1 N–H and O–H groups in total. The average Bonchev–Trinajstić information content (AvgIpc) is 2.27. The van der Waals surface area contributed by atoms with Crippen molar-refractivity contribution < 1.29 is 9.53 Å². The second kappa shape index (κ2) is 6.54. The van der Waals surface area contributed by atoms with Crippen LogP contribution < -0.4 is 5.32 Å². The summed E-state index contributed by atoms with van der Waals surface area (Å²) in [5, 5.41) is 3.29. The van der Waals surface area contributed by atoms with Gasteiger partial charge in [-0.3, -0.25) is 0 Å². The minimum Gasteiger partial charge on any atom is -0.465 e. The number of aryl methyl sites for hydroxylation is 1. The number of nitrogens with one attached hydrogen (secondary N) is 1. The molecule has 0 aliphatic rings. The van der Waals surface area contributed by atoms with E-state index < -0.39 is 5.97 Å². The van der Waals surface area contributed by atoms with E-state index in [1.54, 1.807) is 6.92 Å². The van der Waals surface area contributed by atoms with Crippen LogP contribution in [0.3, 0.4) is 0 Å². The van der Waals surface area contributed by atoms with Crippen LogP contribution in [-0.2, 0) is 4.74 Å². The van der Waals surface area contributed by atoms with Gasteiger partial charge >= 0.3 is 5.97 Å². The molecule has 1 heterocycles. The van der Waals surface area contributed by atoms with Crippen molar-refractivity contribution in [1.29, 1.82) is 0 Å². The molecule has 0 unspecified atom stereocenters. The molecule has 5 nitrogen and oxygen atoms in total. The zero-order chi connectivity index (χ0) is 13.7. The van der Waals surface area contributed by atoms with Crippen molar-refractivity contribution in [3.8, 4) is 0 Å². The molecule has 1 rings (SSSR count). The Morgan fingerprint density at radius 3 is 2.72 bits per heavy atom. The number of hydrogen-bond acceptors (Lipinski definition) is 5. The van der Waals surface area contributed by atoms with E-state index in [0.717, 1.165) is 12.8 Å². The van der Waals surface area contributed by atoms with Crippen LogP contribution in [0.15, 0.2) is 0 Å². The molecule has 0 saturated heterocycles. The third-order valence-electron chi connectivity index (χ3n) is 2.56. The molecule has 100 valence electrons. The molecule has 0 spiro atoms. The van der Waals surface area contributed by atoms with Crippen molar-refractivity contribution in [2.45, 2.75) is 39.7 Å². The monoisotopic (exact) mass is 271 g/mol. The van der Waals surface area contributed by atoms with Gasteiger partial charge in [0, 0.05) is 6.04 Å². The molecule has 0 aliphatic heterocycles. The van der Waals surface area contributed by atoms with Crippen molar-refractivity contribution in [3.05, 3.63) is 16.5 Å². The maximum Gasteiger partial charge on any atom is 0.343 e. The fourth-order valence-electron chi connectivity index (χ4n) is 1.73. The second-order valence-electron chi connectivity index (χ2n) is 4.13. The topological polar surface area (TPSA) is 64.1 Å². The molecule has 1 atom stereocenters. The molecule has 1 aromatic rings. The average molecular weight is 272 g/mol. The smallest absolute Gasteiger partial charge is 0.343 e. The molecule has 0 aliphatic carbocycles. The van der Waals surface area contributed by atoms with Gasteiger partial charge < -0.3 is 10.1 Å². The highest BCUT2D eigenvalue weighted by molar-refractivity contribution is 6.28. The van der Waals surface area contributed by atoms with Crippen molar-refractivity contribution >= 4 is 23.4 Å². The molecule has 0 radical (unpaired) electrons. The van der Waals surface area contributed by atoms with E-state index in [4.69, 9.17) is 16.3 Å². The lowest BCUT2D eigenvalue weighted by atomic mass is 10.1. The van der Waals surface area contributed by atoms with Gasteiger partial charge in [0.05, 0.1) is 12.8 Å². The van der Waals surface area contributed by atoms with Gasteiger partial charge in [0.25, 0.3) is 0 Å². The first kappa shape index (κ1) is 14.7. The minimum absolute atomic E-state index is 0.117. The maximum absolute atomic E-state index is 11.7. The number of aromatic nitrogens is 2. The van der Waals surface area contributed by atoms with E-state index in [0.29, 0.717) is 17.1 Å². The van der Waals surface area contributed by atoms with Gasteiger partial charge in [0.15, 0.2) is 0 Å². The van der Waals surface area contributed by atoms with E-state index >= 15 is 0 Å². The third kappa shape index (κ3) is 3.57. The minimum atomic E-state index is -0.463. The predicted molar refractivity (Wildman–Crippen MR) is 71.1 cm³/mol. The molecular formula is C12H18ClN3O2. The highest BCUT2D eigenvalue weighted by atomic mass is 35.5. The number of anilines is 1. The number of hydrogen-bond donors (Lipinski definition) is 1. The summed E-state index contributed by atoms with van der Waals surface area (Å²) in [6, 6.07) is 0.198. The van der Waals surface area contributed by atoms with Gasteiger partial charge in [0.2, 0.25) is 5.28 Å². The number of ether oxygens (including phenoxy) is 1. The molecule has 0 saturated carbocycles. The van der Waals surface area contributed by atoms with E-state index in [1.807, 2.05) is 6.92 Å².